The molecule has 0 spiro atoms. The van der Waals surface area contributed by atoms with Crippen LogP contribution in [-0.2, 0) is 4.79 Å². The van der Waals surface area contributed by atoms with E-state index in [9.17, 15) is 4.79 Å². The SMILES string of the molecule is CC1CN(C(=O)C2(N)CC2)C(C)(C)C1. The smallest absolute Gasteiger partial charge is 0.243 e. The highest BCUT2D eigenvalue weighted by atomic mass is 16.2. The molecule has 1 aliphatic heterocycles. The van der Waals surface area contributed by atoms with Crippen molar-refractivity contribution in [3.63, 3.8) is 0 Å². The van der Waals surface area contributed by atoms with Crippen molar-refractivity contribution in [1.82, 2.24) is 4.90 Å². The van der Waals surface area contributed by atoms with Crippen molar-refractivity contribution >= 4 is 5.91 Å². The molecule has 1 atom stereocenters. The zero-order chi connectivity index (χ0) is 10.6. The highest BCUT2D eigenvalue weighted by Gasteiger charge is 2.52. The molecule has 2 aliphatic rings. The van der Waals surface area contributed by atoms with Crippen LogP contribution in [0.3, 0.4) is 0 Å². The van der Waals surface area contributed by atoms with Crippen LogP contribution in [-0.4, -0.2) is 28.4 Å². The third kappa shape index (κ3) is 1.44. The first-order chi connectivity index (χ1) is 6.35. The summed E-state index contributed by atoms with van der Waals surface area (Å²) >= 11 is 0. The summed E-state index contributed by atoms with van der Waals surface area (Å²) < 4.78 is 0. The summed E-state index contributed by atoms with van der Waals surface area (Å²) in [5.41, 5.74) is 5.45. The van der Waals surface area contributed by atoms with E-state index in [1.807, 2.05) is 4.90 Å². The van der Waals surface area contributed by atoms with Gasteiger partial charge in [-0.05, 0) is 39.0 Å². The lowest BCUT2D eigenvalue weighted by Gasteiger charge is -2.33. The minimum atomic E-state index is -0.499. The summed E-state index contributed by atoms with van der Waals surface area (Å²) in [7, 11) is 0. The second-order valence-corrected chi connectivity index (χ2v) is 5.69. The van der Waals surface area contributed by atoms with Gasteiger partial charge in [0.15, 0.2) is 0 Å². The normalized spacial score (nSPS) is 33.1. The van der Waals surface area contributed by atoms with E-state index in [2.05, 4.69) is 20.8 Å². The molecule has 1 heterocycles. The Bertz CT molecular complexity index is 268. The molecule has 14 heavy (non-hydrogen) atoms. The van der Waals surface area contributed by atoms with E-state index in [-0.39, 0.29) is 11.4 Å². The fourth-order valence-electron chi connectivity index (χ4n) is 2.56. The molecule has 0 aromatic carbocycles. The quantitative estimate of drug-likeness (QED) is 0.683. The number of carbonyl (C=O) groups excluding carboxylic acids is 1. The first-order valence-electron chi connectivity index (χ1n) is 5.46. The Hall–Kier alpha value is -0.570. The molecule has 2 rings (SSSR count). The van der Waals surface area contributed by atoms with Gasteiger partial charge in [-0.2, -0.15) is 0 Å². The zero-order valence-corrected chi connectivity index (χ0v) is 9.34. The minimum absolute atomic E-state index is 0.00542. The number of carbonyl (C=O) groups is 1. The highest BCUT2D eigenvalue weighted by molar-refractivity contribution is 5.89. The molecule has 1 unspecified atom stereocenters. The lowest BCUT2D eigenvalue weighted by Crippen LogP contribution is -2.51. The lowest BCUT2D eigenvalue weighted by molar-refractivity contribution is -0.136. The topological polar surface area (TPSA) is 46.3 Å². The van der Waals surface area contributed by atoms with Crippen LogP contribution in [0.4, 0.5) is 0 Å². The van der Waals surface area contributed by atoms with Gasteiger partial charge in [-0.25, -0.2) is 0 Å². The Kier molecular flexibility index (Phi) is 1.94. The zero-order valence-electron chi connectivity index (χ0n) is 9.34. The van der Waals surface area contributed by atoms with Crippen molar-refractivity contribution in [2.45, 2.75) is 51.1 Å². The van der Waals surface area contributed by atoms with Crippen LogP contribution in [0.25, 0.3) is 0 Å². The van der Waals surface area contributed by atoms with Crippen LogP contribution >= 0.6 is 0 Å². The van der Waals surface area contributed by atoms with Crippen molar-refractivity contribution in [1.29, 1.82) is 0 Å². The van der Waals surface area contributed by atoms with E-state index >= 15 is 0 Å². The molecule has 80 valence electrons. The van der Waals surface area contributed by atoms with Crippen molar-refractivity contribution < 1.29 is 4.79 Å². The second kappa shape index (κ2) is 2.72. The van der Waals surface area contributed by atoms with Crippen LogP contribution in [0, 0.1) is 5.92 Å². The standard InChI is InChI=1S/C11H20N2O/c1-8-6-10(2,3)13(7-8)9(14)11(12)4-5-11/h8H,4-7,12H2,1-3H3. The molecule has 1 saturated carbocycles. The van der Waals surface area contributed by atoms with E-state index < -0.39 is 5.54 Å². The third-order valence-corrected chi connectivity index (χ3v) is 3.53. The van der Waals surface area contributed by atoms with Gasteiger partial charge in [0.2, 0.25) is 5.91 Å². The van der Waals surface area contributed by atoms with Crippen molar-refractivity contribution in [3.8, 4) is 0 Å². The maximum atomic E-state index is 12.1. The number of nitrogens with zero attached hydrogens (tertiary/aromatic N) is 1. The second-order valence-electron chi connectivity index (χ2n) is 5.69. The van der Waals surface area contributed by atoms with E-state index in [0.717, 1.165) is 25.8 Å². The van der Waals surface area contributed by atoms with Gasteiger partial charge in [0.05, 0.1) is 5.54 Å². The number of likely N-dealkylation sites (tertiary alicyclic amines) is 1. The summed E-state index contributed by atoms with van der Waals surface area (Å²) in [5.74, 6) is 0.781. The van der Waals surface area contributed by atoms with Crippen LogP contribution in [0.5, 0.6) is 0 Å². The van der Waals surface area contributed by atoms with Crippen molar-refractivity contribution in [2.24, 2.45) is 11.7 Å². The molecule has 2 fully saturated rings. The molecule has 3 heteroatoms. The van der Waals surface area contributed by atoms with Crippen LogP contribution in [0.2, 0.25) is 0 Å². The van der Waals surface area contributed by atoms with Crippen LogP contribution in [0.1, 0.15) is 40.0 Å². The average molecular weight is 196 g/mol. The number of rotatable bonds is 1. The van der Waals surface area contributed by atoms with Gasteiger partial charge in [-0.3, -0.25) is 4.79 Å². The molecule has 1 saturated heterocycles. The Balaban J connectivity index is 2.14. The number of hydrogen-bond acceptors (Lipinski definition) is 2. The fourth-order valence-corrected chi connectivity index (χ4v) is 2.56. The highest BCUT2D eigenvalue weighted by Crippen LogP contribution is 2.40. The van der Waals surface area contributed by atoms with Gasteiger partial charge in [0.25, 0.3) is 0 Å². The van der Waals surface area contributed by atoms with Crippen molar-refractivity contribution in [3.05, 3.63) is 0 Å². The maximum Gasteiger partial charge on any atom is 0.243 e. The van der Waals surface area contributed by atoms with Gasteiger partial charge in [0.1, 0.15) is 0 Å². The van der Waals surface area contributed by atoms with E-state index in [1.54, 1.807) is 0 Å². The predicted molar refractivity (Wildman–Crippen MR) is 55.7 cm³/mol. The van der Waals surface area contributed by atoms with Crippen LogP contribution in [0.15, 0.2) is 0 Å². The Labute approximate surface area is 85.6 Å². The van der Waals surface area contributed by atoms with Gasteiger partial charge >= 0.3 is 0 Å². The number of nitrogens with two attached hydrogens (primary N) is 1. The molecule has 0 bridgehead atoms. The monoisotopic (exact) mass is 196 g/mol. The Morgan fingerprint density at radius 3 is 2.36 bits per heavy atom. The molecule has 0 aromatic heterocycles. The molecule has 0 radical (unpaired) electrons. The summed E-state index contributed by atoms with van der Waals surface area (Å²) in [6.07, 6.45) is 2.83. The first-order valence-corrected chi connectivity index (χ1v) is 5.46. The molecule has 1 amide bonds. The van der Waals surface area contributed by atoms with Gasteiger partial charge in [-0.15, -0.1) is 0 Å². The molecular weight excluding hydrogens is 176 g/mol. The fraction of sp³-hybridized carbons (Fsp3) is 0.909. The lowest BCUT2D eigenvalue weighted by atomic mass is 9.97. The van der Waals surface area contributed by atoms with E-state index in [4.69, 9.17) is 5.73 Å². The summed E-state index contributed by atoms with van der Waals surface area (Å²) in [5, 5.41) is 0. The van der Waals surface area contributed by atoms with Crippen LogP contribution < -0.4 is 5.73 Å². The van der Waals surface area contributed by atoms with Crippen molar-refractivity contribution in [2.75, 3.05) is 6.54 Å². The van der Waals surface area contributed by atoms with Gasteiger partial charge < -0.3 is 10.6 Å². The molecule has 3 nitrogen and oxygen atoms in total. The van der Waals surface area contributed by atoms with Gasteiger partial charge in [-0.1, -0.05) is 6.92 Å². The molecule has 1 aliphatic carbocycles. The minimum Gasteiger partial charge on any atom is -0.336 e. The Morgan fingerprint density at radius 2 is 2.00 bits per heavy atom. The maximum absolute atomic E-state index is 12.1. The Morgan fingerprint density at radius 1 is 1.43 bits per heavy atom. The summed E-state index contributed by atoms with van der Waals surface area (Å²) in [6.45, 7) is 7.36. The first kappa shape index (κ1) is 9.97. The average Bonchev–Trinajstić information content (AvgIpc) is 2.72. The number of hydrogen-bond donors (Lipinski definition) is 1. The molecular formula is C11H20N2O. The van der Waals surface area contributed by atoms with E-state index in [0.29, 0.717) is 5.92 Å². The molecule has 0 aromatic rings. The van der Waals surface area contributed by atoms with E-state index in [1.165, 1.54) is 0 Å². The molecule has 2 N–H and O–H groups in total. The summed E-state index contributed by atoms with van der Waals surface area (Å²) in [4.78, 5) is 14.1. The third-order valence-electron chi connectivity index (χ3n) is 3.53. The van der Waals surface area contributed by atoms with Gasteiger partial charge in [0, 0.05) is 12.1 Å². The summed E-state index contributed by atoms with van der Waals surface area (Å²) in [6, 6.07) is 0. The largest absolute Gasteiger partial charge is 0.336 e. The predicted octanol–water partition coefficient (Wildman–Crippen LogP) is 1.12. The number of amides is 1.